The third kappa shape index (κ3) is 2.96. The Morgan fingerprint density at radius 2 is 2.37 bits per heavy atom. The fraction of sp³-hybridized carbons (Fsp3) is 0.400. The molecule has 100 valence electrons. The van der Waals surface area contributed by atoms with Gasteiger partial charge in [-0.2, -0.15) is 0 Å². The summed E-state index contributed by atoms with van der Waals surface area (Å²) in [6.45, 7) is 2.99. The lowest BCUT2D eigenvalue weighted by Gasteiger charge is -2.17. The highest BCUT2D eigenvalue weighted by Crippen LogP contribution is 2.29. The molecule has 0 aliphatic heterocycles. The van der Waals surface area contributed by atoms with Gasteiger partial charge in [-0.1, -0.05) is 19.1 Å². The van der Waals surface area contributed by atoms with E-state index in [1.807, 2.05) is 18.3 Å². The van der Waals surface area contributed by atoms with Gasteiger partial charge in [0, 0.05) is 12.4 Å². The molecule has 0 radical (unpaired) electrons. The van der Waals surface area contributed by atoms with Crippen molar-refractivity contribution in [3.8, 4) is 5.75 Å². The van der Waals surface area contributed by atoms with Crippen LogP contribution < -0.4 is 10.1 Å². The molecule has 1 aromatic heterocycles. The summed E-state index contributed by atoms with van der Waals surface area (Å²) in [4.78, 5) is 7.53. The Morgan fingerprint density at radius 1 is 1.47 bits per heavy atom. The highest BCUT2D eigenvalue weighted by Gasteiger charge is 2.24. The molecule has 1 atom stereocenters. The minimum absolute atomic E-state index is 0.0859. The first kappa shape index (κ1) is 12.2. The Hall–Kier alpha value is -1.81. The molecule has 2 aromatic rings. The smallest absolute Gasteiger partial charge is 0.127 e. The lowest BCUT2D eigenvalue weighted by Crippen LogP contribution is -2.23. The number of nitrogens with zero attached hydrogens (tertiary/aromatic N) is 1. The van der Waals surface area contributed by atoms with Crippen LogP contribution in [0.5, 0.6) is 5.75 Å². The maximum atomic E-state index is 5.85. The largest absolute Gasteiger partial charge is 0.490 e. The minimum Gasteiger partial charge on any atom is -0.490 e. The molecular formula is C15H19N3O. The average Bonchev–Trinajstić information content (AvgIpc) is 3.07. The first-order valence-corrected chi connectivity index (χ1v) is 6.86. The molecule has 1 fully saturated rings. The molecule has 1 heterocycles. The molecule has 4 nitrogen and oxygen atoms in total. The second kappa shape index (κ2) is 5.45. The zero-order valence-electron chi connectivity index (χ0n) is 11.1. The summed E-state index contributed by atoms with van der Waals surface area (Å²) in [5.74, 6) is 1.89. The number of ether oxygens (including phenoxy) is 1. The predicted octanol–water partition coefficient (Wildman–Crippen LogP) is 2.65. The highest BCUT2D eigenvalue weighted by molar-refractivity contribution is 5.33. The summed E-state index contributed by atoms with van der Waals surface area (Å²) in [6.07, 6.45) is 6.42. The van der Waals surface area contributed by atoms with Crippen molar-refractivity contribution in [1.82, 2.24) is 15.3 Å². The number of rotatable bonds is 6. The van der Waals surface area contributed by atoms with E-state index in [-0.39, 0.29) is 6.04 Å². The van der Waals surface area contributed by atoms with Crippen molar-refractivity contribution in [2.75, 3.05) is 6.54 Å². The van der Waals surface area contributed by atoms with Gasteiger partial charge >= 0.3 is 0 Å². The van der Waals surface area contributed by atoms with Gasteiger partial charge in [0.25, 0.3) is 0 Å². The molecule has 2 N–H and O–H groups in total. The van der Waals surface area contributed by atoms with E-state index >= 15 is 0 Å². The third-order valence-electron chi connectivity index (χ3n) is 3.22. The monoisotopic (exact) mass is 257 g/mol. The van der Waals surface area contributed by atoms with E-state index in [9.17, 15) is 0 Å². The summed E-state index contributed by atoms with van der Waals surface area (Å²) in [7, 11) is 0. The first-order valence-electron chi connectivity index (χ1n) is 6.86. The number of nitrogens with one attached hydrogen (secondary N) is 2. The van der Waals surface area contributed by atoms with Gasteiger partial charge in [0.15, 0.2) is 0 Å². The zero-order valence-corrected chi connectivity index (χ0v) is 11.1. The van der Waals surface area contributed by atoms with E-state index in [0.717, 1.165) is 18.1 Å². The van der Waals surface area contributed by atoms with Crippen molar-refractivity contribution < 1.29 is 4.74 Å². The van der Waals surface area contributed by atoms with E-state index in [1.54, 1.807) is 6.20 Å². The van der Waals surface area contributed by atoms with Crippen molar-refractivity contribution in [2.24, 2.45) is 0 Å². The number of aromatic amines is 1. The Balaban J connectivity index is 1.84. The van der Waals surface area contributed by atoms with Gasteiger partial charge in [-0.05, 0) is 37.1 Å². The topological polar surface area (TPSA) is 49.9 Å². The first-order chi connectivity index (χ1) is 9.36. The van der Waals surface area contributed by atoms with Crippen LogP contribution in [0.3, 0.4) is 0 Å². The van der Waals surface area contributed by atoms with Gasteiger partial charge in [0.05, 0.1) is 12.1 Å². The molecule has 1 aliphatic rings. The van der Waals surface area contributed by atoms with Crippen molar-refractivity contribution >= 4 is 0 Å². The van der Waals surface area contributed by atoms with Gasteiger partial charge in [0.2, 0.25) is 0 Å². The molecule has 0 spiro atoms. The van der Waals surface area contributed by atoms with Crippen molar-refractivity contribution in [3.05, 3.63) is 48.0 Å². The van der Waals surface area contributed by atoms with Gasteiger partial charge in [0.1, 0.15) is 11.6 Å². The number of benzene rings is 1. The summed E-state index contributed by atoms with van der Waals surface area (Å²) < 4.78 is 5.85. The van der Waals surface area contributed by atoms with Gasteiger partial charge < -0.3 is 15.0 Å². The normalized spacial score (nSPS) is 16.3. The summed E-state index contributed by atoms with van der Waals surface area (Å²) >= 11 is 0. The number of hydrogen-bond acceptors (Lipinski definition) is 3. The van der Waals surface area contributed by atoms with Crippen molar-refractivity contribution in [3.63, 3.8) is 0 Å². The SMILES string of the molecule is CCNC(c1cccc(OC2CC2)c1)c1ncc[nH]1. The number of imidazole rings is 1. The number of H-pyrrole nitrogens is 1. The molecule has 1 saturated carbocycles. The molecule has 1 unspecified atom stereocenters. The van der Waals surface area contributed by atoms with Gasteiger partial charge in [-0.25, -0.2) is 4.98 Å². The number of hydrogen-bond donors (Lipinski definition) is 2. The zero-order chi connectivity index (χ0) is 13.1. The predicted molar refractivity (Wildman–Crippen MR) is 74.2 cm³/mol. The van der Waals surface area contributed by atoms with Crippen LogP contribution in [0.15, 0.2) is 36.7 Å². The van der Waals surface area contributed by atoms with Crippen LogP contribution in [0, 0.1) is 0 Å². The highest BCUT2D eigenvalue weighted by atomic mass is 16.5. The fourth-order valence-electron chi connectivity index (χ4n) is 2.16. The molecular weight excluding hydrogens is 238 g/mol. The van der Waals surface area contributed by atoms with E-state index < -0.39 is 0 Å². The van der Waals surface area contributed by atoms with Crippen molar-refractivity contribution in [1.29, 1.82) is 0 Å². The standard InChI is InChI=1S/C15H19N3O/c1-2-16-14(15-17-8-9-18-15)11-4-3-5-13(10-11)19-12-6-7-12/h3-5,8-10,12,14,16H,2,6-7H2,1H3,(H,17,18). The quantitative estimate of drug-likeness (QED) is 0.836. The van der Waals surface area contributed by atoms with Gasteiger partial charge in [-0.3, -0.25) is 0 Å². The average molecular weight is 257 g/mol. The molecule has 4 heteroatoms. The molecule has 3 rings (SSSR count). The summed E-state index contributed by atoms with van der Waals surface area (Å²) in [5, 5.41) is 3.45. The maximum Gasteiger partial charge on any atom is 0.127 e. The van der Waals surface area contributed by atoms with E-state index in [2.05, 4.69) is 34.3 Å². The Bertz CT molecular complexity index is 520. The molecule has 0 amide bonds. The van der Waals surface area contributed by atoms with Crippen LogP contribution in [-0.4, -0.2) is 22.6 Å². The lowest BCUT2D eigenvalue weighted by atomic mass is 10.1. The summed E-state index contributed by atoms with van der Waals surface area (Å²) in [6, 6.07) is 8.36. The van der Waals surface area contributed by atoms with Crippen LogP contribution >= 0.6 is 0 Å². The van der Waals surface area contributed by atoms with Gasteiger partial charge in [-0.15, -0.1) is 0 Å². The molecule has 0 bridgehead atoms. The Morgan fingerprint density at radius 3 is 3.05 bits per heavy atom. The fourth-order valence-corrected chi connectivity index (χ4v) is 2.16. The third-order valence-corrected chi connectivity index (χ3v) is 3.22. The van der Waals surface area contributed by atoms with Crippen molar-refractivity contribution in [2.45, 2.75) is 31.9 Å². The van der Waals surface area contributed by atoms with Crippen LogP contribution in [0.25, 0.3) is 0 Å². The second-order valence-electron chi connectivity index (χ2n) is 4.85. The summed E-state index contributed by atoms with van der Waals surface area (Å²) in [5.41, 5.74) is 1.18. The molecule has 1 aliphatic carbocycles. The Kier molecular flexibility index (Phi) is 3.51. The molecule has 1 aromatic carbocycles. The van der Waals surface area contributed by atoms with Crippen LogP contribution in [0.2, 0.25) is 0 Å². The second-order valence-corrected chi connectivity index (χ2v) is 4.85. The Labute approximate surface area is 113 Å². The minimum atomic E-state index is 0.0859. The van der Waals surface area contributed by atoms with E-state index in [4.69, 9.17) is 4.74 Å². The van der Waals surface area contributed by atoms with Crippen LogP contribution in [0.4, 0.5) is 0 Å². The van der Waals surface area contributed by atoms with Crippen LogP contribution in [0.1, 0.15) is 37.2 Å². The number of aromatic nitrogens is 2. The molecule has 0 saturated heterocycles. The maximum absolute atomic E-state index is 5.85. The van der Waals surface area contributed by atoms with E-state index in [0.29, 0.717) is 6.10 Å². The van der Waals surface area contributed by atoms with E-state index in [1.165, 1.54) is 18.4 Å². The van der Waals surface area contributed by atoms with Crippen LogP contribution in [-0.2, 0) is 0 Å². The molecule has 19 heavy (non-hydrogen) atoms. The lowest BCUT2D eigenvalue weighted by molar-refractivity contribution is 0.302.